The molecular weight excluding hydrogens is 102 g/mol. The van der Waals surface area contributed by atoms with Crippen molar-refractivity contribution in [2.75, 3.05) is 0 Å². The van der Waals surface area contributed by atoms with Crippen molar-refractivity contribution in [1.82, 2.24) is 0 Å². The Bertz CT molecular complexity index is 33.8. The Balaban J connectivity index is -0.0000000450. The van der Waals surface area contributed by atoms with Gasteiger partial charge in [0.1, 0.15) is 0 Å². The molecule has 5 heteroatoms. The average molecular weight is 106 g/mol. The van der Waals surface area contributed by atoms with E-state index in [1.165, 1.54) is 0 Å². The van der Waals surface area contributed by atoms with E-state index in [0.29, 0.717) is 0 Å². The monoisotopic (exact) mass is 106 g/mol. The molecule has 0 bridgehead atoms. The summed E-state index contributed by atoms with van der Waals surface area (Å²) in [4.78, 5) is 8.56. The molecule has 0 aliphatic heterocycles. The zero-order valence-corrected chi connectivity index (χ0v) is 2.21. The Morgan fingerprint density at radius 2 is 1.33 bits per heavy atom. The fraction of sp³-hybridized carbons (Fsp3) is 0. The van der Waals surface area contributed by atoms with Gasteiger partial charge in [0.2, 0.25) is 0 Å². The van der Waals surface area contributed by atoms with Gasteiger partial charge in [-0.05, 0) is 0 Å². The van der Waals surface area contributed by atoms with Gasteiger partial charge in [0, 0.05) is 0 Å². The van der Waals surface area contributed by atoms with E-state index in [-0.39, 0.29) is 34.3 Å². The molecule has 0 aromatic heterocycles. The minimum atomic E-state index is -1.83. The van der Waals surface area contributed by atoms with Crippen LogP contribution in [0.4, 0.5) is 9.50 Å². The van der Waals surface area contributed by atoms with Gasteiger partial charge in [-0.15, -0.1) is 0 Å². The first-order valence-electron chi connectivity index (χ1n) is 0.651. The van der Waals surface area contributed by atoms with Crippen LogP contribution in [0, 0.1) is 0 Å². The Morgan fingerprint density at radius 3 is 1.33 bits per heavy atom. The summed E-state index contributed by atoms with van der Waals surface area (Å²) in [5, 5.41) is 13.9. The molecule has 6 heavy (non-hydrogen) atoms. The summed E-state index contributed by atoms with van der Waals surface area (Å²) in [6, 6.07) is 0. The van der Waals surface area contributed by atoms with Crippen molar-refractivity contribution < 1.29 is 19.7 Å². The van der Waals surface area contributed by atoms with E-state index < -0.39 is 6.16 Å². The molecule has 2 N–H and O–H groups in total. The van der Waals surface area contributed by atoms with Crippen molar-refractivity contribution in [2.24, 2.45) is 0 Å². The zero-order valence-electron chi connectivity index (χ0n) is 2.21. The predicted octanol–water partition coefficient (Wildman–Crippen LogP) is -0.274. The first-order chi connectivity index (χ1) is 1.73. The van der Waals surface area contributed by atoms with Gasteiger partial charge in [0.25, 0.3) is 0 Å². The van der Waals surface area contributed by atoms with Crippen LogP contribution in [0.3, 0.4) is 0 Å². The second-order valence-corrected chi connectivity index (χ2v) is 0.283. The maximum absolute atomic E-state index is 8.56. The first kappa shape index (κ1) is 16.4. The van der Waals surface area contributed by atoms with Crippen LogP contribution in [-0.2, 0) is 0 Å². The third-order valence-electron chi connectivity index (χ3n) is 0. The van der Waals surface area contributed by atoms with Crippen LogP contribution < -0.4 is 0 Å². The maximum atomic E-state index is 8.56. The Labute approximate surface area is 55.6 Å². The zero-order chi connectivity index (χ0) is 3.58. The fourth-order valence-electron chi connectivity index (χ4n) is 0. The van der Waals surface area contributed by atoms with Crippen LogP contribution in [0.2, 0.25) is 0 Å². The molecule has 0 atom stereocenters. The predicted molar refractivity (Wildman–Crippen MR) is 20.3 cm³/mol. The van der Waals surface area contributed by atoms with Gasteiger partial charge in [0.05, 0.1) is 0 Å². The normalized spacial score (nSPS) is 4.00. The van der Waals surface area contributed by atoms with E-state index in [2.05, 4.69) is 0 Å². The summed E-state index contributed by atoms with van der Waals surface area (Å²) in [6.07, 6.45) is -1.83. The number of carbonyl (C=O) groups is 1. The van der Waals surface area contributed by atoms with Crippen LogP contribution in [-0.4, -0.2) is 45.9 Å². The number of rotatable bonds is 0. The topological polar surface area (TPSA) is 57.5 Å². The Morgan fingerprint density at radius 1 is 1.33 bits per heavy atom. The van der Waals surface area contributed by atoms with Gasteiger partial charge in [-0.3, -0.25) is 4.70 Å². The third-order valence-corrected chi connectivity index (χ3v) is 0. The van der Waals surface area contributed by atoms with E-state index >= 15 is 0 Å². The Hall–Kier alpha value is 0.200. The molecule has 34 valence electrons. The van der Waals surface area contributed by atoms with Crippen LogP contribution in [0.25, 0.3) is 0 Å². The van der Waals surface area contributed by atoms with Crippen LogP contribution in [0.5, 0.6) is 0 Å². The summed E-state index contributed by atoms with van der Waals surface area (Å²) >= 11 is 0. The van der Waals surface area contributed by atoms with Gasteiger partial charge in [-0.25, -0.2) is 4.79 Å². The molecule has 3 nitrogen and oxygen atoms in total. The second kappa shape index (κ2) is 8.96. The van der Waals surface area contributed by atoms with Crippen molar-refractivity contribution in [3.8, 4) is 0 Å². The number of hydrogen-bond donors (Lipinski definition) is 2. The molecule has 0 amide bonds. The molecule has 0 saturated carbocycles. The first-order valence-corrected chi connectivity index (χ1v) is 0.651. The molecule has 0 aromatic carbocycles. The summed E-state index contributed by atoms with van der Waals surface area (Å²) in [5.74, 6) is 0. The van der Waals surface area contributed by atoms with Crippen molar-refractivity contribution in [3.05, 3.63) is 0 Å². The number of carboxylic acid groups (broad SMARTS) is 2. The molecule has 0 radical (unpaired) electrons. The van der Waals surface area contributed by atoms with Gasteiger partial charge in [-0.1, -0.05) is 0 Å². The van der Waals surface area contributed by atoms with Crippen LogP contribution in [0.1, 0.15) is 0 Å². The molecule has 0 unspecified atom stereocenters. The van der Waals surface area contributed by atoms with E-state index in [1.807, 2.05) is 0 Å². The third kappa shape index (κ3) is 1080. The van der Waals surface area contributed by atoms with Crippen LogP contribution in [0.15, 0.2) is 0 Å². The summed E-state index contributed by atoms with van der Waals surface area (Å²) < 4.78 is 0. The van der Waals surface area contributed by atoms with E-state index in [0.717, 1.165) is 0 Å². The molecule has 0 fully saturated rings. The molecule has 0 aliphatic carbocycles. The van der Waals surface area contributed by atoms with Gasteiger partial charge in [-0.2, -0.15) is 0 Å². The molecule has 0 spiro atoms. The molecule has 0 aliphatic rings. The molecule has 0 rings (SSSR count). The molecule has 0 aromatic rings. The van der Waals surface area contributed by atoms with E-state index in [1.54, 1.807) is 0 Å². The minimum absolute atomic E-state index is 0. The summed E-state index contributed by atoms with van der Waals surface area (Å²) in [6.45, 7) is 0. The van der Waals surface area contributed by atoms with E-state index in [4.69, 9.17) is 15.0 Å². The molecule has 0 heterocycles. The Kier molecular flexibility index (Phi) is 24.4. The fourth-order valence-corrected chi connectivity index (χ4v) is 0. The van der Waals surface area contributed by atoms with Crippen molar-refractivity contribution in [1.29, 1.82) is 0 Å². The summed E-state index contributed by atoms with van der Waals surface area (Å²) in [7, 11) is 0. The summed E-state index contributed by atoms with van der Waals surface area (Å²) in [5.41, 5.74) is 0. The molecule has 0 saturated heterocycles. The molecular formula is CH4FNaO3. The van der Waals surface area contributed by atoms with Gasteiger partial charge in [0.15, 0.2) is 0 Å². The van der Waals surface area contributed by atoms with Crippen LogP contribution >= 0.6 is 0 Å². The number of hydrogen-bond acceptors (Lipinski definition) is 1. The second-order valence-electron chi connectivity index (χ2n) is 0.283. The standard InChI is InChI=1S/CH2O3.FH.Na.H/c2-1(3)4;;;/h(H2,2,3,4);1H;;. The van der Waals surface area contributed by atoms with Gasteiger partial charge < -0.3 is 10.2 Å². The van der Waals surface area contributed by atoms with Gasteiger partial charge >= 0.3 is 35.7 Å². The quantitative estimate of drug-likeness (QED) is 0.418. The van der Waals surface area contributed by atoms with Crippen molar-refractivity contribution in [2.45, 2.75) is 0 Å². The van der Waals surface area contributed by atoms with Crippen molar-refractivity contribution in [3.63, 3.8) is 0 Å². The average Bonchev–Trinajstić information content (AvgIpc) is 0.811. The van der Waals surface area contributed by atoms with E-state index in [9.17, 15) is 0 Å². The van der Waals surface area contributed by atoms with Crippen molar-refractivity contribution >= 4 is 35.7 Å². The SMILES string of the molecule is F.O=C(O)O.[NaH]. The number of halogens is 1.